The van der Waals surface area contributed by atoms with Crippen LogP contribution in [0.1, 0.15) is 44.0 Å². The number of hydrogen-bond donors (Lipinski definition) is 1. The highest BCUT2D eigenvalue weighted by molar-refractivity contribution is 5.05. The molecule has 90 valence electrons. The van der Waals surface area contributed by atoms with Crippen molar-refractivity contribution in [1.82, 2.24) is 9.55 Å². The number of nitrogens with zero attached hydrogens (tertiary/aromatic N) is 2. The van der Waals surface area contributed by atoms with Gasteiger partial charge in [0.05, 0.1) is 0 Å². The summed E-state index contributed by atoms with van der Waals surface area (Å²) < 4.78 is 7.48. The lowest BCUT2D eigenvalue weighted by Gasteiger charge is -2.39. The van der Waals surface area contributed by atoms with E-state index < -0.39 is 11.7 Å². The Kier molecular flexibility index (Phi) is 3.30. The Labute approximate surface area is 96.3 Å². The van der Waals surface area contributed by atoms with Crippen LogP contribution in [0.5, 0.6) is 0 Å². The lowest BCUT2D eigenvalue weighted by atomic mass is 9.80. The topological polar surface area (TPSA) is 47.3 Å². The van der Waals surface area contributed by atoms with E-state index in [0.29, 0.717) is 5.82 Å². The minimum Gasteiger partial charge on any atom is -0.382 e. The van der Waals surface area contributed by atoms with Gasteiger partial charge in [0.25, 0.3) is 0 Å². The molecule has 1 fully saturated rings. The van der Waals surface area contributed by atoms with Gasteiger partial charge in [0, 0.05) is 26.6 Å². The molecule has 4 heteroatoms. The Morgan fingerprint density at radius 3 is 2.62 bits per heavy atom. The number of hydrogen-bond acceptors (Lipinski definition) is 3. The minimum absolute atomic E-state index is 0.433. The zero-order chi connectivity index (χ0) is 11.6. The maximum atomic E-state index is 10.5. The van der Waals surface area contributed by atoms with Crippen molar-refractivity contribution in [3.8, 4) is 0 Å². The molecule has 1 aliphatic carbocycles. The first-order valence-corrected chi connectivity index (χ1v) is 5.90. The average Bonchev–Trinajstić information content (AvgIpc) is 2.75. The maximum absolute atomic E-state index is 10.5. The third-order valence-corrected chi connectivity index (χ3v) is 3.71. The second-order valence-corrected chi connectivity index (χ2v) is 4.63. The van der Waals surface area contributed by atoms with Crippen LogP contribution >= 0.6 is 0 Å². The van der Waals surface area contributed by atoms with Crippen LogP contribution in [0.15, 0.2) is 12.4 Å². The Bertz CT molecular complexity index is 343. The predicted octanol–water partition coefficient (Wildman–Crippen LogP) is 1.80. The van der Waals surface area contributed by atoms with E-state index in [1.165, 1.54) is 6.42 Å². The average molecular weight is 224 g/mol. The van der Waals surface area contributed by atoms with Crippen LogP contribution in [0, 0.1) is 0 Å². The van der Waals surface area contributed by atoms with Crippen molar-refractivity contribution in [2.75, 3.05) is 7.11 Å². The molecule has 16 heavy (non-hydrogen) atoms. The molecule has 1 aliphatic rings. The number of aliphatic hydroxyl groups excluding tert-OH is 1. The van der Waals surface area contributed by atoms with Crippen molar-refractivity contribution in [3.05, 3.63) is 18.2 Å². The fourth-order valence-electron chi connectivity index (χ4n) is 2.62. The van der Waals surface area contributed by atoms with Crippen LogP contribution in [-0.2, 0) is 11.8 Å². The van der Waals surface area contributed by atoms with Crippen molar-refractivity contribution in [1.29, 1.82) is 0 Å². The van der Waals surface area contributed by atoms with E-state index in [9.17, 15) is 5.11 Å². The molecule has 2 rings (SSSR count). The first-order chi connectivity index (χ1) is 7.69. The van der Waals surface area contributed by atoms with Gasteiger partial charge in [-0.05, 0) is 12.8 Å². The van der Waals surface area contributed by atoms with Gasteiger partial charge in [-0.3, -0.25) is 0 Å². The van der Waals surface area contributed by atoms with Crippen LogP contribution in [0.2, 0.25) is 0 Å². The van der Waals surface area contributed by atoms with E-state index in [4.69, 9.17) is 4.74 Å². The van der Waals surface area contributed by atoms with E-state index in [1.807, 2.05) is 17.8 Å². The van der Waals surface area contributed by atoms with Gasteiger partial charge in [-0.1, -0.05) is 19.3 Å². The van der Waals surface area contributed by atoms with E-state index in [2.05, 4.69) is 4.98 Å². The van der Waals surface area contributed by atoms with E-state index in [1.54, 1.807) is 13.3 Å². The number of aromatic nitrogens is 2. The van der Waals surface area contributed by atoms with Crippen molar-refractivity contribution in [2.24, 2.45) is 7.05 Å². The molecule has 0 aliphatic heterocycles. The third-order valence-electron chi connectivity index (χ3n) is 3.71. The standard InChI is InChI=1S/C12H20N2O2/c1-14-9-8-13-11(14)10(15)12(16-2)6-4-3-5-7-12/h8-10,15H,3-7H2,1-2H3. The van der Waals surface area contributed by atoms with Crippen LogP contribution in [0.4, 0.5) is 0 Å². The number of methoxy groups -OCH3 is 1. The Hall–Kier alpha value is -0.870. The van der Waals surface area contributed by atoms with Crippen molar-refractivity contribution in [2.45, 2.75) is 43.8 Å². The molecule has 1 aromatic heterocycles. The molecule has 0 radical (unpaired) electrons. The molecule has 0 aromatic carbocycles. The molecule has 1 N–H and O–H groups in total. The predicted molar refractivity (Wildman–Crippen MR) is 61.0 cm³/mol. The smallest absolute Gasteiger partial charge is 0.141 e. The number of aryl methyl sites for hydroxylation is 1. The van der Waals surface area contributed by atoms with Crippen LogP contribution in [0.25, 0.3) is 0 Å². The van der Waals surface area contributed by atoms with Crippen molar-refractivity contribution < 1.29 is 9.84 Å². The number of rotatable bonds is 3. The molecule has 1 unspecified atom stereocenters. The quantitative estimate of drug-likeness (QED) is 0.851. The van der Waals surface area contributed by atoms with Gasteiger partial charge >= 0.3 is 0 Å². The third kappa shape index (κ3) is 1.87. The highest BCUT2D eigenvalue weighted by atomic mass is 16.5. The Balaban J connectivity index is 2.24. The SMILES string of the molecule is COC1(C(O)c2nccn2C)CCCCC1. The molecule has 1 aromatic rings. The molecular formula is C12H20N2O2. The fraction of sp³-hybridized carbons (Fsp3) is 0.750. The van der Waals surface area contributed by atoms with Crippen molar-refractivity contribution >= 4 is 0 Å². The van der Waals surface area contributed by atoms with E-state index >= 15 is 0 Å². The van der Waals surface area contributed by atoms with E-state index in [-0.39, 0.29) is 0 Å². The highest BCUT2D eigenvalue weighted by Gasteiger charge is 2.41. The summed E-state index contributed by atoms with van der Waals surface area (Å²) in [5, 5.41) is 10.5. The van der Waals surface area contributed by atoms with Gasteiger partial charge in [0.1, 0.15) is 17.5 Å². The second kappa shape index (κ2) is 4.55. The second-order valence-electron chi connectivity index (χ2n) is 4.63. The summed E-state index contributed by atoms with van der Waals surface area (Å²) >= 11 is 0. The molecule has 1 saturated carbocycles. The normalized spacial score (nSPS) is 21.9. The minimum atomic E-state index is -0.627. The highest BCUT2D eigenvalue weighted by Crippen LogP contribution is 2.40. The molecular weight excluding hydrogens is 204 g/mol. The largest absolute Gasteiger partial charge is 0.382 e. The summed E-state index contributed by atoms with van der Waals surface area (Å²) in [4.78, 5) is 4.22. The summed E-state index contributed by atoms with van der Waals surface area (Å²) in [5.74, 6) is 0.698. The first-order valence-electron chi connectivity index (χ1n) is 5.90. The summed E-state index contributed by atoms with van der Waals surface area (Å²) in [6.45, 7) is 0. The Morgan fingerprint density at radius 1 is 1.44 bits per heavy atom. The lowest BCUT2D eigenvalue weighted by molar-refractivity contribution is -0.128. The molecule has 0 spiro atoms. The monoisotopic (exact) mass is 224 g/mol. The van der Waals surface area contributed by atoms with Gasteiger partial charge < -0.3 is 14.4 Å². The summed E-state index contributed by atoms with van der Waals surface area (Å²) in [6.07, 6.45) is 8.24. The van der Waals surface area contributed by atoms with Crippen LogP contribution in [-0.4, -0.2) is 27.4 Å². The van der Waals surface area contributed by atoms with Gasteiger partial charge in [0.2, 0.25) is 0 Å². The van der Waals surface area contributed by atoms with Crippen LogP contribution < -0.4 is 0 Å². The zero-order valence-electron chi connectivity index (χ0n) is 10.0. The first kappa shape index (κ1) is 11.6. The number of imidazole rings is 1. The van der Waals surface area contributed by atoms with Crippen molar-refractivity contribution in [3.63, 3.8) is 0 Å². The summed E-state index contributed by atoms with van der Waals surface area (Å²) in [6, 6.07) is 0. The molecule has 1 heterocycles. The molecule has 0 bridgehead atoms. The summed E-state index contributed by atoms with van der Waals surface area (Å²) in [7, 11) is 3.59. The molecule has 0 saturated heterocycles. The molecule has 1 atom stereocenters. The summed E-state index contributed by atoms with van der Waals surface area (Å²) in [5.41, 5.74) is -0.433. The van der Waals surface area contributed by atoms with Gasteiger partial charge in [-0.25, -0.2) is 4.98 Å². The van der Waals surface area contributed by atoms with E-state index in [0.717, 1.165) is 25.7 Å². The van der Waals surface area contributed by atoms with Crippen LogP contribution in [0.3, 0.4) is 0 Å². The van der Waals surface area contributed by atoms with Gasteiger partial charge in [0.15, 0.2) is 0 Å². The fourth-order valence-corrected chi connectivity index (χ4v) is 2.62. The zero-order valence-corrected chi connectivity index (χ0v) is 10.0. The van der Waals surface area contributed by atoms with Gasteiger partial charge in [-0.15, -0.1) is 0 Å². The van der Waals surface area contributed by atoms with Gasteiger partial charge in [-0.2, -0.15) is 0 Å². The number of ether oxygens (including phenoxy) is 1. The Morgan fingerprint density at radius 2 is 2.12 bits per heavy atom. The maximum Gasteiger partial charge on any atom is 0.141 e. The molecule has 0 amide bonds. The number of aliphatic hydroxyl groups is 1. The lowest BCUT2D eigenvalue weighted by Crippen LogP contribution is -2.41. The molecule has 4 nitrogen and oxygen atoms in total.